The number of pyridine rings is 1. The lowest BCUT2D eigenvalue weighted by atomic mass is 10.2. The molecule has 0 bridgehead atoms. The van der Waals surface area contributed by atoms with Gasteiger partial charge < -0.3 is 4.90 Å². The molecule has 0 atom stereocenters. The van der Waals surface area contributed by atoms with E-state index in [0.717, 1.165) is 53.5 Å². The van der Waals surface area contributed by atoms with E-state index in [2.05, 4.69) is 43.3 Å². The van der Waals surface area contributed by atoms with Gasteiger partial charge in [-0.2, -0.15) is 0 Å². The van der Waals surface area contributed by atoms with Crippen LogP contribution in [-0.4, -0.2) is 51.9 Å². The summed E-state index contributed by atoms with van der Waals surface area (Å²) in [7, 11) is 0. The summed E-state index contributed by atoms with van der Waals surface area (Å²) in [6.07, 6.45) is 3.31. The summed E-state index contributed by atoms with van der Waals surface area (Å²) in [5.41, 5.74) is 2.88. The van der Waals surface area contributed by atoms with Crippen LogP contribution in [-0.2, 0) is 6.54 Å². The van der Waals surface area contributed by atoms with Crippen molar-refractivity contribution in [2.75, 3.05) is 26.2 Å². The number of hydrogen-bond acceptors (Lipinski definition) is 5. The maximum Gasteiger partial charge on any atom is 0.255 e. The highest BCUT2D eigenvalue weighted by Crippen LogP contribution is 2.24. The topological polar surface area (TPSA) is 49.3 Å². The van der Waals surface area contributed by atoms with E-state index < -0.39 is 0 Å². The highest BCUT2D eigenvalue weighted by atomic mass is 79.9. The molecule has 0 unspecified atom stereocenters. The average molecular weight is 480 g/mol. The average Bonchev–Trinajstić information content (AvgIpc) is 3.17. The van der Waals surface area contributed by atoms with Crippen LogP contribution in [0.1, 0.15) is 16.1 Å². The molecule has 0 saturated carbocycles. The monoisotopic (exact) mass is 478 g/mol. The van der Waals surface area contributed by atoms with Crippen molar-refractivity contribution >= 4 is 45.6 Å². The van der Waals surface area contributed by atoms with E-state index in [4.69, 9.17) is 4.98 Å². The molecule has 3 aromatic rings. The van der Waals surface area contributed by atoms with Crippen molar-refractivity contribution in [3.05, 3.63) is 69.9 Å². The number of nitrogens with zero attached hydrogens (tertiary/aromatic N) is 4. The zero-order valence-electron chi connectivity index (χ0n) is 15.1. The fourth-order valence-electron chi connectivity index (χ4n) is 3.14. The third-order valence-electron chi connectivity index (χ3n) is 4.57. The standard InChI is InChI=1S/C20H19BrN4OS.ClH/c21-17-10-16(11-22-12-17)20(26)25-8-6-24(7-9-25)13-18-14-27-19(23-18)15-4-2-1-3-5-15;/h1-5,10-12,14H,6-9,13H2;1H. The van der Waals surface area contributed by atoms with E-state index in [1.54, 1.807) is 23.7 Å². The molecule has 4 rings (SSSR count). The normalized spacial score (nSPS) is 14.5. The van der Waals surface area contributed by atoms with Crippen molar-refractivity contribution in [1.82, 2.24) is 19.8 Å². The van der Waals surface area contributed by atoms with Crippen LogP contribution in [0.2, 0.25) is 0 Å². The second kappa shape index (κ2) is 9.60. The molecule has 146 valence electrons. The Morgan fingerprint density at radius 2 is 1.86 bits per heavy atom. The number of benzene rings is 1. The fraction of sp³-hybridized carbons (Fsp3) is 0.250. The molecule has 0 N–H and O–H groups in total. The molecule has 2 aromatic heterocycles. The summed E-state index contributed by atoms with van der Waals surface area (Å²) in [6.45, 7) is 3.97. The molecule has 0 radical (unpaired) electrons. The van der Waals surface area contributed by atoms with Crippen molar-refractivity contribution in [2.45, 2.75) is 6.54 Å². The quantitative estimate of drug-likeness (QED) is 0.558. The van der Waals surface area contributed by atoms with E-state index in [-0.39, 0.29) is 18.3 Å². The Balaban J connectivity index is 0.00000225. The molecule has 3 heterocycles. The first kappa shape index (κ1) is 20.9. The lowest BCUT2D eigenvalue weighted by Gasteiger charge is -2.34. The number of carbonyl (C=O) groups excluding carboxylic acids is 1. The number of rotatable bonds is 4. The lowest BCUT2D eigenvalue weighted by Crippen LogP contribution is -2.48. The Morgan fingerprint density at radius 1 is 1.11 bits per heavy atom. The second-order valence-corrected chi connectivity index (χ2v) is 8.24. The molecule has 1 aliphatic rings. The van der Waals surface area contributed by atoms with Crippen molar-refractivity contribution in [3.8, 4) is 10.6 Å². The first-order valence-corrected chi connectivity index (χ1v) is 10.5. The van der Waals surface area contributed by atoms with Crippen LogP contribution >= 0.6 is 39.7 Å². The third-order valence-corrected chi connectivity index (χ3v) is 5.94. The summed E-state index contributed by atoms with van der Waals surface area (Å²) in [4.78, 5) is 25.7. The molecule has 28 heavy (non-hydrogen) atoms. The summed E-state index contributed by atoms with van der Waals surface area (Å²) < 4.78 is 0.824. The van der Waals surface area contributed by atoms with Gasteiger partial charge in [-0.25, -0.2) is 4.98 Å². The minimum Gasteiger partial charge on any atom is -0.336 e. The lowest BCUT2D eigenvalue weighted by molar-refractivity contribution is 0.0627. The van der Waals surface area contributed by atoms with Crippen molar-refractivity contribution < 1.29 is 4.79 Å². The Hall–Kier alpha value is -1.80. The summed E-state index contributed by atoms with van der Waals surface area (Å²) in [5, 5.41) is 3.19. The van der Waals surface area contributed by atoms with Gasteiger partial charge in [0.05, 0.1) is 11.3 Å². The van der Waals surface area contributed by atoms with Crippen LogP contribution < -0.4 is 0 Å². The maximum atomic E-state index is 12.6. The molecule has 0 aliphatic carbocycles. The van der Waals surface area contributed by atoms with E-state index in [0.29, 0.717) is 5.56 Å². The molecule has 8 heteroatoms. The number of carbonyl (C=O) groups is 1. The molecule has 1 fully saturated rings. The summed E-state index contributed by atoms with van der Waals surface area (Å²) in [6, 6.07) is 12.1. The zero-order chi connectivity index (χ0) is 18.6. The van der Waals surface area contributed by atoms with Gasteiger partial charge in [-0.3, -0.25) is 14.7 Å². The van der Waals surface area contributed by atoms with Crippen LogP contribution in [0.5, 0.6) is 0 Å². The number of aromatic nitrogens is 2. The Morgan fingerprint density at radius 3 is 2.57 bits per heavy atom. The van der Waals surface area contributed by atoms with E-state index in [1.807, 2.05) is 29.2 Å². The van der Waals surface area contributed by atoms with Crippen LogP contribution in [0.25, 0.3) is 10.6 Å². The zero-order valence-corrected chi connectivity index (χ0v) is 18.3. The van der Waals surface area contributed by atoms with Crippen LogP contribution in [0.15, 0.2) is 58.6 Å². The minimum absolute atomic E-state index is 0. The van der Waals surface area contributed by atoms with Gasteiger partial charge in [0.1, 0.15) is 5.01 Å². The van der Waals surface area contributed by atoms with Crippen molar-refractivity contribution in [1.29, 1.82) is 0 Å². The van der Waals surface area contributed by atoms with Crippen LogP contribution in [0.3, 0.4) is 0 Å². The number of amides is 1. The molecule has 1 aromatic carbocycles. The molecule has 0 spiro atoms. The Bertz CT molecular complexity index is 929. The van der Waals surface area contributed by atoms with Crippen molar-refractivity contribution in [2.24, 2.45) is 0 Å². The highest BCUT2D eigenvalue weighted by molar-refractivity contribution is 9.10. The number of hydrogen-bond donors (Lipinski definition) is 0. The third kappa shape index (κ3) is 4.97. The van der Waals surface area contributed by atoms with E-state index in [9.17, 15) is 4.79 Å². The first-order valence-electron chi connectivity index (χ1n) is 8.81. The van der Waals surface area contributed by atoms with Crippen molar-refractivity contribution in [3.63, 3.8) is 0 Å². The van der Waals surface area contributed by atoms with Gasteiger partial charge in [0.25, 0.3) is 5.91 Å². The molecular formula is C20H20BrClN4OS. The van der Waals surface area contributed by atoms with Gasteiger partial charge in [-0.15, -0.1) is 23.7 Å². The molecule has 1 aliphatic heterocycles. The molecule has 5 nitrogen and oxygen atoms in total. The van der Waals surface area contributed by atoms with Crippen LogP contribution in [0, 0.1) is 0 Å². The Kier molecular flexibility index (Phi) is 7.18. The van der Waals surface area contributed by atoms with Gasteiger partial charge in [-0.1, -0.05) is 30.3 Å². The van der Waals surface area contributed by atoms with E-state index in [1.165, 1.54) is 0 Å². The van der Waals surface area contributed by atoms with Gasteiger partial charge in [0, 0.05) is 60.5 Å². The highest BCUT2D eigenvalue weighted by Gasteiger charge is 2.23. The molecule has 1 amide bonds. The van der Waals surface area contributed by atoms with E-state index >= 15 is 0 Å². The smallest absolute Gasteiger partial charge is 0.255 e. The molecule has 1 saturated heterocycles. The van der Waals surface area contributed by atoms with Gasteiger partial charge in [-0.05, 0) is 22.0 Å². The predicted octanol–water partition coefficient (Wildman–Crippen LogP) is 4.35. The number of thiazole rings is 1. The first-order chi connectivity index (χ1) is 13.2. The summed E-state index contributed by atoms with van der Waals surface area (Å²) in [5.74, 6) is 0.0449. The Labute approximate surface area is 183 Å². The minimum atomic E-state index is 0. The van der Waals surface area contributed by atoms with Gasteiger partial charge >= 0.3 is 0 Å². The summed E-state index contributed by atoms with van der Waals surface area (Å²) >= 11 is 5.05. The molecular weight excluding hydrogens is 460 g/mol. The largest absolute Gasteiger partial charge is 0.336 e. The van der Waals surface area contributed by atoms with Crippen LogP contribution in [0.4, 0.5) is 0 Å². The number of halogens is 2. The second-order valence-electron chi connectivity index (χ2n) is 6.47. The number of piperazine rings is 1. The van der Waals surface area contributed by atoms with Gasteiger partial charge in [0.2, 0.25) is 0 Å². The SMILES string of the molecule is Cl.O=C(c1cncc(Br)c1)N1CCN(Cc2csc(-c3ccccc3)n2)CC1. The van der Waals surface area contributed by atoms with Gasteiger partial charge in [0.15, 0.2) is 0 Å². The predicted molar refractivity (Wildman–Crippen MR) is 118 cm³/mol. The fourth-order valence-corrected chi connectivity index (χ4v) is 4.32. The maximum absolute atomic E-state index is 12.6.